The van der Waals surface area contributed by atoms with Crippen LogP contribution in [0, 0.1) is 47.0 Å². The van der Waals surface area contributed by atoms with Crippen molar-refractivity contribution in [3.63, 3.8) is 0 Å². The summed E-state index contributed by atoms with van der Waals surface area (Å²) in [6, 6.07) is 6.60. The van der Waals surface area contributed by atoms with Crippen molar-refractivity contribution >= 4 is 10.8 Å². The molecule has 5 rings (SSSR count). The maximum Gasteiger partial charge on any atom is 0.195 e. The van der Waals surface area contributed by atoms with E-state index >= 15 is 0 Å². The van der Waals surface area contributed by atoms with E-state index in [2.05, 4.69) is 6.92 Å². The van der Waals surface area contributed by atoms with Crippen LogP contribution in [0.15, 0.2) is 24.3 Å². The molecule has 3 fully saturated rings. The molecular weight excluding hydrogens is 453 g/mol. The van der Waals surface area contributed by atoms with Crippen LogP contribution in [0.25, 0.3) is 10.8 Å². The number of hydrogen-bond donors (Lipinski definition) is 0. The summed E-state index contributed by atoms with van der Waals surface area (Å²) in [6.07, 6.45) is 22.2. The van der Waals surface area contributed by atoms with Gasteiger partial charge in [0.2, 0.25) is 0 Å². The van der Waals surface area contributed by atoms with Crippen LogP contribution < -0.4 is 0 Å². The highest BCUT2D eigenvalue weighted by atomic mass is 19.2. The number of unbranched alkanes of at least 4 members (excludes halogenated alkanes) is 4. The second-order valence-corrected chi connectivity index (χ2v) is 12.6. The second kappa shape index (κ2) is 11.9. The lowest BCUT2D eigenvalue weighted by Gasteiger charge is -2.45. The zero-order valence-electron chi connectivity index (χ0n) is 22.2. The molecule has 0 N–H and O–H groups in total. The normalized spacial score (nSPS) is 30.9. The molecule has 0 aliphatic heterocycles. The van der Waals surface area contributed by atoms with E-state index in [0.717, 1.165) is 54.1 Å². The first-order valence-corrected chi connectivity index (χ1v) is 15.1. The average molecular weight is 499 g/mol. The third-order valence-electron chi connectivity index (χ3n) is 10.4. The predicted octanol–water partition coefficient (Wildman–Crippen LogP) is 10.7. The largest absolute Gasteiger partial charge is 0.204 e. The van der Waals surface area contributed by atoms with E-state index in [1.807, 2.05) is 12.1 Å². The fraction of sp³-hybridized carbons (Fsp3) is 0.697. The summed E-state index contributed by atoms with van der Waals surface area (Å²) in [4.78, 5) is 0. The SMILES string of the molecule is CCCCCCCC1CCC2CC(C3CCC(c4ccc5c(F)c(F)c(F)cc5c4)CC3)CCC2C1. The summed E-state index contributed by atoms with van der Waals surface area (Å²) in [5.74, 6) is 1.63. The summed E-state index contributed by atoms with van der Waals surface area (Å²) in [5.41, 5.74) is 1.16. The first kappa shape index (κ1) is 26.1. The molecule has 0 aromatic heterocycles. The molecule has 3 saturated carbocycles. The minimum atomic E-state index is -1.37. The molecule has 3 heteroatoms. The zero-order valence-corrected chi connectivity index (χ0v) is 22.2. The van der Waals surface area contributed by atoms with E-state index in [9.17, 15) is 13.2 Å². The van der Waals surface area contributed by atoms with Gasteiger partial charge in [0, 0.05) is 5.39 Å². The Balaban J connectivity index is 1.10. The van der Waals surface area contributed by atoms with Crippen molar-refractivity contribution in [1.82, 2.24) is 0 Å². The van der Waals surface area contributed by atoms with Gasteiger partial charge in [0.25, 0.3) is 0 Å². The molecule has 0 saturated heterocycles. The highest BCUT2D eigenvalue weighted by molar-refractivity contribution is 5.84. The minimum absolute atomic E-state index is 0.175. The third-order valence-corrected chi connectivity index (χ3v) is 10.4. The van der Waals surface area contributed by atoms with Gasteiger partial charge in [-0.05, 0) is 110 Å². The molecule has 198 valence electrons. The number of benzene rings is 2. The fourth-order valence-electron chi connectivity index (χ4n) is 8.25. The summed E-state index contributed by atoms with van der Waals surface area (Å²) in [7, 11) is 0. The number of halogens is 3. The van der Waals surface area contributed by atoms with Gasteiger partial charge in [-0.15, -0.1) is 0 Å². The van der Waals surface area contributed by atoms with E-state index < -0.39 is 17.5 Å². The van der Waals surface area contributed by atoms with E-state index in [-0.39, 0.29) is 5.39 Å². The van der Waals surface area contributed by atoms with Crippen molar-refractivity contribution in [3.05, 3.63) is 47.3 Å². The van der Waals surface area contributed by atoms with Crippen LogP contribution in [-0.2, 0) is 0 Å². The summed E-state index contributed by atoms with van der Waals surface area (Å²) < 4.78 is 41.5. The van der Waals surface area contributed by atoms with Crippen molar-refractivity contribution in [2.45, 2.75) is 116 Å². The van der Waals surface area contributed by atoms with Crippen molar-refractivity contribution in [2.75, 3.05) is 0 Å². The molecule has 0 nitrogen and oxygen atoms in total. The van der Waals surface area contributed by atoms with Crippen molar-refractivity contribution in [2.24, 2.45) is 29.6 Å². The van der Waals surface area contributed by atoms with E-state index in [0.29, 0.717) is 11.3 Å². The van der Waals surface area contributed by atoms with Crippen LogP contribution in [0.3, 0.4) is 0 Å². The molecule has 3 aliphatic rings. The molecule has 36 heavy (non-hydrogen) atoms. The number of fused-ring (bicyclic) bond motifs is 2. The lowest BCUT2D eigenvalue weighted by molar-refractivity contribution is 0.0613. The number of hydrogen-bond acceptors (Lipinski definition) is 0. The third kappa shape index (κ3) is 5.81. The van der Waals surface area contributed by atoms with Crippen molar-refractivity contribution in [1.29, 1.82) is 0 Å². The molecule has 2 aromatic carbocycles. The quantitative estimate of drug-likeness (QED) is 0.251. The van der Waals surface area contributed by atoms with E-state index in [4.69, 9.17) is 0 Å². The Morgan fingerprint density at radius 3 is 2.11 bits per heavy atom. The van der Waals surface area contributed by atoms with Crippen molar-refractivity contribution < 1.29 is 13.2 Å². The molecule has 2 aromatic rings. The van der Waals surface area contributed by atoms with Gasteiger partial charge in [0.1, 0.15) is 0 Å². The topological polar surface area (TPSA) is 0 Å². The molecular formula is C33H45F3. The Morgan fingerprint density at radius 1 is 0.667 bits per heavy atom. The van der Waals surface area contributed by atoms with E-state index in [1.54, 1.807) is 6.07 Å². The molecule has 0 amide bonds. The van der Waals surface area contributed by atoms with Gasteiger partial charge in [-0.2, -0.15) is 0 Å². The van der Waals surface area contributed by atoms with Gasteiger partial charge >= 0.3 is 0 Å². The number of rotatable bonds is 8. The molecule has 0 heterocycles. The van der Waals surface area contributed by atoms with Crippen LogP contribution in [0.1, 0.15) is 121 Å². The van der Waals surface area contributed by atoms with Gasteiger partial charge < -0.3 is 0 Å². The maximum atomic E-state index is 14.1. The predicted molar refractivity (Wildman–Crippen MR) is 144 cm³/mol. The second-order valence-electron chi connectivity index (χ2n) is 12.6. The summed E-state index contributed by atoms with van der Waals surface area (Å²) in [6.45, 7) is 2.30. The fourth-order valence-corrected chi connectivity index (χ4v) is 8.25. The maximum absolute atomic E-state index is 14.1. The van der Waals surface area contributed by atoms with Crippen LogP contribution in [0.4, 0.5) is 13.2 Å². The van der Waals surface area contributed by atoms with Crippen LogP contribution in [-0.4, -0.2) is 0 Å². The first-order chi connectivity index (χ1) is 17.5. The van der Waals surface area contributed by atoms with E-state index in [1.165, 1.54) is 89.9 Å². The van der Waals surface area contributed by atoms with Gasteiger partial charge in [-0.3, -0.25) is 0 Å². The smallest absolute Gasteiger partial charge is 0.195 e. The van der Waals surface area contributed by atoms with Crippen LogP contribution in [0.2, 0.25) is 0 Å². The molecule has 0 spiro atoms. The monoisotopic (exact) mass is 498 g/mol. The first-order valence-electron chi connectivity index (χ1n) is 15.1. The van der Waals surface area contributed by atoms with Gasteiger partial charge in [-0.1, -0.05) is 70.1 Å². The minimum Gasteiger partial charge on any atom is -0.204 e. The Hall–Kier alpha value is -1.51. The van der Waals surface area contributed by atoms with Gasteiger partial charge in [0.05, 0.1) is 0 Å². The Kier molecular flexibility index (Phi) is 8.64. The standard InChI is InChI=1S/C33H45F3/c1-2-3-4-5-6-7-22-8-9-28-19-26(15-14-25(28)18-22)23-10-12-24(13-11-23)27-16-17-30-29(20-27)21-31(34)33(36)32(30)35/h16-17,20-26,28H,2-15,18-19H2,1H3. The summed E-state index contributed by atoms with van der Waals surface area (Å²) in [5, 5.41) is 0.648. The highest BCUT2D eigenvalue weighted by Gasteiger charge is 2.38. The summed E-state index contributed by atoms with van der Waals surface area (Å²) >= 11 is 0. The average Bonchev–Trinajstić information content (AvgIpc) is 2.91. The lowest BCUT2D eigenvalue weighted by Crippen LogP contribution is -2.34. The Morgan fingerprint density at radius 2 is 1.33 bits per heavy atom. The molecule has 0 radical (unpaired) electrons. The Bertz CT molecular complexity index is 1010. The van der Waals surface area contributed by atoms with Crippen LogP contribution >= 0.6 is 0 Å². The van der Waals surface area contributed by atoms with Crippen LogP contribution in [0.5, 0.6) is 0 Å². The zero-order chi connectivity index (χ0) is 25.1. The molecule has 0 bridgehead atoms. The molecule has 3 aliphatic carbocycles. The van der Waals surface area contributed by atoms with Gasteiger partial charge in [0.15, 0.2) is 17.5 Å². The van der Waals surface area contributed by atoms with Gasteiger partial charge in [-0.25, -0.2) is 13.2 Å². The lowest BCUT2D eigenvalue weighted by atomic mass is 9.60. The van der Waals surface area contributed by atoms with Crippen molar-refractivity contribution in [3.8, 4) is 0 Å². The molecule has 4 atom stereocenters. The molecule has 4 unspecified atom stereocenters. The Labute approximate surface area is 216 Å². The highest BCUT2D eigenvalue weighted by Crippen LogP contribution is 2.50.